The quantitative estimate of drug-likeness (QED) is 0.0238. The standard InChI is InChI=1S/C26H28ClFN4O3.2C25H27FN4O2.C21H21FN4O2/c1-35-19-7-3-5-16(11-19)22-13-30-25(29)24(31-22)17-8-9-20(21(28)12-17)26(34)32-23(14-33)15-4-2-6-18(27)10-15;1-32-19-9-5-8-17(12-19)22-15-28-24(27)23(30-22)18-10-11-20(21(26)13-18)25(31)29-14-16-6-3-2-4-7-16;1-32-19-10-7-17(8-11-19)22-15-28-24(27)23(30-22)18-9-12-20(21(26)13-18)25(31)29-14-16-5-3-2-4-6-16;1-13(12-27)18-11-24-20(23)19(26-18)15-7-8-16(17(22)9-15)21(28)25-10-14-5-3-2-4-6-14/h2,4,6,8-10,12-13,16,19,23,33H,3,5,7,11,14H2,1H3,(H2,29,30)(H,32,34);2-4,6-7,10-11,13,15,17,19H,5,8-9,12,14H2,1H3,(H2,27,28)(H,29,31);2-6,9,12-13,15,17,19H,7-8,10-11,14H2,1H3,(H2,27,28)(H,29,31);2-9,11,13,27H,10,12H2,1H3,(H2,23,24)(H,25,28)/t16?,19?,23-;;;/m1.../s1. The molecule has 4 amide bonds. The van der Waals surface area contributed by atoms with Gasteiger partial charge in [-0.05, 0) is 147 Å². The van der Waals surface area contributed by atoms with Crippen LogP contribution in [0.4, 0.5) is 40.8 Å². The molecule has 15 rings (SSSR count). The highest BCUT2D eigenvalue weighted by Gasteiger charge is 2.30. The van der Waals surface area contributed by atoms with E-state index < -0.39 is 52.9 Å². The third-order valence-corrected chi connectivity index (χ3v) is 23.0. The molecule has 127 heavy (non-hydrogen) atoms. The Balaban J connectivity index is 0.000000154. The molecule has 0 aliphatic heterocycles. The van der Waals surface area contributed by atoms with Crippen LogP contribution in [0, 0.1) is 23.3 Å². The van der Waals surface area contributed by atoms with Crippen molar-refractivity contribution in [3.05, 3.63) is 308 Å². The third-order valence-electron chi connectivity index (χ3n) is 22.8. The lowest BCUT2D eigenvalue weighted by Crippen LogP contribution is -2.31. The van der Waals surface area contributed by atoms with Crippen molar-refractivity contribution in [2.24, 2.45) is 0 Å². The van der Waals surface area contributed by atoms with Gasteiger partial charge in [-0.15, -0.1) is 0 Å². The predicted molar refractivity (Wildman–Crippen MR) is 480 cm³/mol. The van der Waals surface area contributed by atoms with Gasteiger partial charge >= 0.3 is 0 Å². The summed E-state index contributed by atoms with van der Waals surface area (Å²) in [7, 11) is 5.19. The number of aliphatic hydroxyl groups is 2. The number of hydrogen-bond donors (Lipinski definition) is 10. The molecule has 8 aromatic carbocycles. The Kier molecular flexibility index (Phi) is 33.2. The predicted octanol–water partition coefficient (Wildman–Crippen LogP) is 16.5. The number of nitrogen functional groups attached to an aromatic ring is 4. The smallest absolute Gasteiger partial charge is 0.254 e. The molecule has 30 heteroatoms. The Morgan fingerprint density at radius 3 is 1.11 bits per heavy atom. The van der Waals surface area contributed by atoms with E-state index in [4.69, 9.17) is 63.7 Å². The van der Waals surface area contributed by atoms with E-state index in [2.05, 4.69) is 46.2 Å². The summed E-state index contributed by atoms with van der Waals surface area (Å²) in [5, 5.41) is 30.3. The summed E-state index contributed by atoms with van der Waals surface area (Å²) in [5.74, 6) is -3.49. The van der Waals surface area contributed by atoms with Crippen molar-refractivity contribution in [1.29, 1.82) is 0 Å². The van der Waals surface area contributed by atoms with E-state index in [-0.39, 0.29) is 94.6 Å². The van der Waals surface area contributed by atoms with Crippen LogP contribution in [0.25, 0.3) is 45.0 Å². The van der Waals surface area contributed by atoms with Gasteiger partial charge in [-0.1, -0.05) is 159 Å². The minimum atomic E-state index is -0.732. The van der Waals surface area contributed by atoms with Gasteiger partial charge in [0.1, 0.15) is 69.3 Å². The molecule has 3 saturated carbocycles. The lowest BCUT2D eigenvalue weighted by molar-refractivity contribution is 0.0628. The maximum atomic E-state index is 15.0. The molecule has 4 heterocycles. The highest BCUT2D eigenvalue weighted by atomic mass is 35.5. The number of carbonyl (C=O) groups excluding carboxylic acids is 4. The number of nitrogens with one attached hydrogen (secondary N) is 4. The zero-order chi connectivity index (χ0) is 90.0. The summed E-state index contributed by atoms with van der Waals surface area (Å²) >= 11 is 6.01. The number of amides is 4. The zero-order valence-electron chi connectivity index (χ0n) is 70.9. The number of methoxy groups -OCH3 is 3. The summed E-state index contributed by atoms with van der Waals surface area (Å²) in [6.07, 6.45) is 19.0. The van der Waals surface area contributed by atoms with E-state index >= 15 is 4.39 Å². The van der Waals surface area contributed by atoms with Gasteiger partial charge in [-0.3, -0.25) is 19.2 Å². The van der Waals surface area contributed by atoms with Crippen molar-refractivity contribution in [2.45, 2.75) is 152 Å². The molecule has 660 valence electrons. The van der Waals surface area contributed by atoms with E-state index in [1.807, 2.05) is 91.0 Å². The normalized spacial score (nSPS) is 17.0. The Labute approximate surface area is 739 Å². The van der Waals surface area contributed by atoms with Crippen LogP contribution < -0.4 is 44.2 Å². The fourth-order valence-electron chi connectivity index (χ4n) is 15.5. The van der Waals surface area contributed by atoms with Gasteiger partial charge in [0, 0.05) is 91.9 Å². The van der Waals surface area contributed by atoms with Gasteiger partial charge in [0.25, 0.3) is 23.6 Å². The number of nitrogens with zero attached hydrogens (tertiary/aromatic N) is 8. The average Bonchev–Trinajstić information content (AvgIpc) is 0.805. The molecule has 3 aliphatic carbocycles. The monoisotopic (exact) mass is 1750 g/mol. The fourth-order valence-corrected chi connectivity index (χ4v) is 15.7. The molecule has 14 N–H and O–H groups in total. The molecule has 3 fully saturated rings. The average molecular weight is 1750 g/mol. The fraction of sp³-hybridized carbons (Fsp3) is 0.299. The van der Waals surface area contributed by atoms with Crippen LogP contribution in [-0.2, 0) is 33.8 Å². The number of rotatable bonds is 25. The van der Waals surface area contributed by atoms with E-state index in [0.717, 1.165) is 111 Å². The van der Waals surface area contributed by atoms with Gasteiger partial charge in [-0.2, -0.15) is 0 Å². The number of benzene rings is 8. The van der Waals surface area contributed by atoms with Crippen molar-refractivity contribution in [2.75, 3.05) is 57.5 Å². The van der Waals surface area contributed by atoms with E-state index in [0.29, 0.717) is 87.0 Å². The number of aliphatic hydroxyl groups excluding tert-OH is 2. The van der Waals surface area contributed by atoms with Gasteiger partial charge in [-0.25, -0.2) is 57.4 Å². The van der Waals surface area contributed by atoms with Gasteiger partial charge in [0.15, 0.2) is 0 Å². The second-order valence-corrected chi connectivity index (χ2v) is 31.8. The highest BCUT2D eigenvalue weighted by molar-refractivity contribution is 6.30. The summed E-state index contributed by atoms with van der Waals surface area (Å²) in [5.41, 5.74) is 33.7. The minimum Gasteiger partial charge on any atom is -0.396 e. The lowest BCUT2D eigenvalue weighted by Gasteiger charge is -2.27. The van der Waals surface area contributed by atoms with Crippen LogP contribution in [0.2, 0.25) is 5.02 Å². The summed E-state index contributed by atoms with van der Waals surface area (Å²) < 4.78 is 75.8. The summed E-state index contributed by atoms with van der Waals surface area (Å²) in [4.78, 5) is 85.5. The Bertz CT molecular complexity index is 5750. The van der Waals surface area contributed by atoms with E-state index in [1.54, 1.807) is 95.4 Å². The van der Waals surface area contributed by atoms with E-state index in [9.17, 15) is 42.6 Å². The third kappa shape index (κ3) is 25.0. The largest absolute Gasteiger partial charge is 0.396 e. The second-order valence-electron chi connectivity index (χ2n) is 31.4. The van der Waals surface area contributed by atoms with Crippen molar-refractivity contribution in [3.8, 4) is 45.0 Å². The first-order valence-corrected chi connectivity index (χ1v) is 42.4. The Hall–Kier alpha value is -13.0. The molecule has 25 nitrogen and oxygen atoms in total. The van der Waals surface area contributed by atoms with Crippen LogP contribution >= 0.6 is 11.6 Å². The van der Waals surface area contributed by atoms with Gasteiger partial charge < -0.3 is 68.6 Å². The van der Waals surface area contributed by atoms with Crippen LogP contribution in [0.15, 0.2) is 213 Å². The summed E-state index contributed by atoms with van der Waals surface area (Å²) in [6.45, 7) is 2.30. The van der Waals surface area contributed by atoms with Crippen molar-refractivity contribution >= 4 is 58.5 Å². The molecule has 0 radical (unpaired) electrons. The maximum absolute atomic E-state index is 15.0. The van der Waals surface area contributed by atoms with Gasteiger partial charge in [0.05, 0.1) is 107 Å². The van der Waals surface area contributed by atoms with Gasteiger partial charge in [0.2, 0.25) is 0 Å². The molecule has 0 saturated heterocycles. The topological polar surface area (TPSA) is 392 Å². The maximum Gasteiger partial charge on any atom is 0.254 e. The molecule has 12 aromatic rings. The number of halogens is 5. The molecule has 6 atom stereocenters. The first kappa shape index (κ1) is 93.1. The highest BCUT2D eigenvalue weighted by Crippen LogP contribution is 2.39. The number of aromatic nitrogens is 8. The molecular formula is C97H103ClF4N16O9. The SMILES string of the molecule is CC(CO)c1cnc(N)c(-c2ccc(C(=O)NCc3ccccc3)c(F)c2)n1.COC1CCC(c2cnc(N)c(-c3ccc(C(=O)NCc4ccccc4)c(F)c3)n2)CC1.COC1CCCC(c2cnc(N)c(-c3ccc(C(=O)NCc4ccccc4)c(F)c3)n2)C1.COC1CCCC(c2cnc(N)c(-c3ccc(C(=O)N[C@H](CO)c4cccc(Cl)c4)c(F)c3)n2)C1. The molecular weight excluding hydrogens is 1640 g/mol. The van der Waals surface area contributed by atoms with Crippen LogP contribution in [-0.4, -0.2) is 127 Å². The Morgan fingerprint density at radius 2 is 0.764 bits per heavy atom. The molecule has 0 spiro atoms. The second kappa shape index (κ2) is 45.2. The Morgan fingerprint density at radius 1 is 0.409 bits per heavy atom. The van der Waals surface area contributed by atoms with Crippen LogP contribution in [0.3, 0.4) is 0 Å². The molecule has 4 aromatic heterocycles. The first-order chi connectivity index (χ1) is 61.5. The first-order valence-electron chi connectivity index (χ1n) is 42.0. The van der Waals surface area contributed by atoms with E-state index in [1.165, 1.54) is 54.7 Å². The number of ether oxygens (including phenoxy) is 3. The number of anilines is 4. The molecule has 3 aliphatic rings. The molecule has 0 bridgehead atoms. The van der Waals surface area contributed by atoms with Crippen molar-refractivity contribution < 1.29 is 61.2 Å². The molecule has 5 unspecified atom stereocenters. The van der Waals surface area contributed by atoms with Crippen molar-refractivity contribution in [3.63, 3.8) is 0 Å². The summed E-state index contributed by atoms with van der Waals surface area (Å²) in [6, 6.07) is 51.6. The minimum absolute atomic E-state index is 0.0229. The van der Waals surface area contributed by atoms with Crippen LogP contribution in [0.5, 0.6) is 0 Å². The number of nitrogens with two attached hydrogens (primary N) is 4. The lowest BCUT2D eigenvalue weighted by atomic mass is 9.85. The zero-order valence-corrected chi connectivity index (χ0v) is 71.6. The number of carbonyl (C=O) groups is 4. The van der Waals surface area contributed by atoms with Crippen LogP contribution in [0.1, 0.15) is 200 Å². The number of hydrogen-bond acceptors (Lipinski definition) is 21. The van der Waals surface area contributed by atoms with Crippen molar-refractivity contribution in [1.82, 2.24) is 61.1 Å².